The monoisotopic (exact) mass is 483 g/mol. The van der Waals surface area contributed by atoms with E-state index in [1.54, 1.807) is 31.4 Å². The zero-order valence-corrected chi connectivity index (χ0v) is 20.0. The van der Waals surface area contributed by atoms with Crippen molar-refractivity contribution in [2.75, 3.05) is 19.5 Å². The SMILES string of the molecule is CNS(=O)(=O)Cc1ccc(CNC(=O)Nc2cccc(COCc3ccc(OC)cc3)c2)cc1. The zero-order valence-electron chi connectivity index (χ0n) is 19.2. The normalized spacial score (nSPS) is 11.1. The maximum Gasteiger partial charge on any atom is 0.319 e. The minimum atomic E-state index is -3.32. The Bertz CT molecular complexity index is 1180. The lowest BCUT2D eigenvalue weighted by molar-refractivity contribution is 0.107. The summed E-state index contributed by atoms with van der Waals surface area (Å²) in [5.41, 5.74) is 4.19. The molecule has 0 atom stereocenters. The molecule has 0 heterocycles. The molecule has 3 rings (SSSR count). The maximum absolute atomic E-state index is 12.3. The summed E-state index contributed by atoms with van der Waals surface area (Å²) in [7, 11) is -0.297. The molecule has 0 bridgehead atoms. The molecular weight excluding hydrogens is 454 g/mol. The number of methoxy groups -OCH3 is 1. The minimum Gasteiger partial charge on any atom is -0.497 e. The highest BCUT2D eigenvalue weighted by atomic mass is 32.2. The van der Waals surface area contributed by atoms with Crippen molar-refractivity contribution < 1.29 is 22.7 Å². The fourth-order valence-corrected chi connectivity index (χ4v) is 3.93. The molecule has 9 heteroatoms. The molecule has 180 valence electrons. The summed E-state index contributed by atoms with van der Waals surface area (Å²) >= 11 is 0. The van der Waals surface area contributed by atoms with Gasteiger partial charge in [0.25, 0.3) is 0 Å². The Balaban J connectivity index is 1.44. The van der Waals surface area contributed by atoms with E-state index >= 15 is 0 Å². The molecule has 8 nitrogen and oxygen atoms in total. The lowest BCUT2D eigenvalue weighted by Crippen LogP contribution is -2.28. The van der Waals surface area contributed by atoms with E-state index in [1.165, 1.54) is 7.05 Å². The van der Waals surface area contributed by atoms with Crippen molar-refractivity contribution in [3.8, 4) is 5.75 Å². The first-order chi connectivity index (χ1) is 16.4. The number of nitrogens with one attached hydrogen (secondary N) is 3. The van der Waals surface area contributed by atoms with Gasteiger partial charge in [0, 0.05) is 12.2 Å². The summed E-state index contributed by atoms with van der Waals surface area (Å²) in [4.78, 5) is 12.3. The Morgan fingerprint density at radius 1 is 0.853 bits per heavy atom. The number of sulfonamides is 1. The first-order valence-electron chi connectivity index (χ1n) is 10.7. The van der Waals surface area contributed by atoms with E-state index in [1.807, 2.05) is 48.5 Å². The molecule has 0 saturated heterocycles. The molecule has 3 N–H and O–H groups in total. The third kappa shape index (κ3) is 8.18. The van der Waals surface area contributed by atoms with Crippen molar-refractivity contribution in [1.29, 1.82) is 0 Å². The molecule has 0 radical (unpaired) electrons. The number of benzene rings is 3. The lowest BCUT2D eigenvalue weighted by Gasteiger charge is -2.10. The molecule has 2 amide bonds. The molecule has 3 aromatic carbocycles. The van der Waals surface area contributed by atoms with Crippen LogP contribution in [0.1, 0.15) is 22.3 Å². The summed E-state index contributed by atoms with van der Waals surface area (Å²) in [5, 5.41) is 5.61. The van der Waals surface area contributed by atoms with Crippen molar-refractivity contribution in [1.82, 2.24) is 10.0 Å². The van der Waals surface area contributed by atoms with Gasteiger partial charge in [0.05, 0.1) is 26.1 Å². The van der Waals surface area contributed by atoms with Gasteiger partial charge in [-0.3, -0.25) is 0 Å². The first kappa shape index (κ1) is 25.2. The number of hydrogen-bond acceptors (Lipinski definition) is 5. The molecule has 0 fully saturated rings. The third-order valence-electron chi connectivity index (χ3n) is 5.03. The van der Waals surface area contributed by atoms with Crippen LogP contribution < -0.4 is 20.1 Å². The Morgan fingerprint density at radius 3 is 2.18 bits per heavy atom. The number of hydrogen-bond donors (Lipinski definition) is 3. The van der Waals surface area contributed by atoms with Gasteiger partial charge in [-0.1, -0.05) is 48.5 Å². The number of urea groups is 1. The van der Waals surface area contributed by atoms with Gasteiger partial charge in [-0.05, 0) is 53.6 Å². The minimum absolute atomic E-state index is 0.0855. The van der Waals surface area contributed by atoms with E-state index in [4.69, 9.17) is 9.47 Å². The summed E-state index contributed by atoms with van der Waals surface area (Å²) in [6.45, 7) is 1.20. The molecule has 0 aliphatic heterocycles. The first-order valence-corrected chi connectivity index (χ1v) is 12.4. The van der Waals surface area contributed by atoms with Crippen molar-refractivity contribution in [2.24, 2.45) is 0 Å². The molecule has 0 aromatic heterocycles. The van der Waals surface area contributed by atoms with E-state index in [0.29, 0.717) is 31.0 Å². The predicted molar refractivity (Wildman–Crippen MR) is 132 cm³/mol. The molecule has 0 spiro atoms. The molecule has 0 unspecified atom stereocenters. The van der Waals surface area contributed by atoms with Crippen molar-refractivity contribution in [3.63, 3.8) is 0 Å². The smallest absolute Gasteiger partial charge is 0.319 e. The van der Waals surface area contributed by atoms with Crippen LogP contribution in [0.25, 0.3) is 0 Å². The van der Waals surface area contributed by atoms with Crippen LogP contribution >= 0.6 is 0 Å². The predicted octanol–water partition coefficient (Wildman–Crippen LogP) is 3.78. The number of amides is 2. The molecule has 3 aromatic rings. The van der Waals surface area contributed by atoms with Crippen LogP contribution in [0.3, 0.4) is 0 Å². The van der Waals surface area contributed by atoms with Gasteiger partial charge < -0.3 is 20.1 Å². The van der Waals surface area contributed by atoms with Crippen LogP contribution in [0.2, 0.25) is 0 Å². The summed E-state index contributed by atoms with van der Waals surface area (Å²) in [6.07, 6.45) is 0. The molecule has 0 aliphatic rings. The van der Waals surface area contributed by atoms with Crippen molar-refractivity contribution in [2.45, 2.75) is 25.5 Å². The van der Waals surface area contributed by atoms with Crippen molar-refractivity contribution >= 4 is 21.7 Å². The van der Waals surface area contributed by atoms with Gasteiger partial charge in [0.1, 0.15) is 5.75 Å². The number of rotatable bonds is 11. The zero-order chi connectivity index (χ0) is 24.4. The molecular formula is C25H29N3O5S. The van der Waals surface area contributed by atoms with Crippen LogP contribution in [0.5, 0.6) is 5.75 Å². The van der Waals surface area contributed by atoms with Crippen LogP contribution in [-0.2, 0) is 40.3 Å². The Kier molecular flexibility index (Phi) is 9.03. The highest BCUT2D eigenvalue weighted by Crippen LogP contribution is 2.15. The van der Waals surface area contributed by atoms with Gasteiger partial charge in [0.2, 0.25) is 10.0 Å². The van der Waals surface area contributed by atoms with Gasteiger partial charge in [0.15, 0.2) is 0 Å². The Labute approximate surface area is 200 Å². The van der Waals surface area contributed by atoms with E-state index in [0.717, 1.165) is 22.4 Å². The molecule has 0 aliphatic carbocycles. The second kappa shape index (κ2) is 12.2. The average Bonchev–Trinajstić information content (AvgIpc) is 2.84. The fraction of sp³-hybridized carbons (Fsp3) is 0.240. The summed E-state index contributed by atoms with van der Waals surface area (Å²) in [6, 6.07) is 21.9. The highest BCUT2D eigenvalue weighted by molar-refractivity contribution is 7.88. The van der Waals surface area contributed by atoms with Gasteiger partial charge >= 0.3 is 6.03 Å². The number of anilines is 1. The summed E-state index contributed by atoms with van der Waals surface area (Å²) < 4.78 is 36.5. The van der Waals surface area contributed by atoms with E-state index in [9.17, 15) is 13.2 Å². The van der Waals surface area contributed by atoms with E-state index < -0.39 is 10.0 Å². The molecule has 34 heavy (non-hydrogen) atoms. The fourth-order valence-electron chi connectivity index (χ4n) is 3.15. The Hall–Kier alpha value is -3.40. The van der Waals surface area contributed by atoms with Gasteiger partial charge in [-0.25, -0.2) is 17.9 Å². The van der Waals surface area contributed by atoms with Crippen molar-refractivity contribution in [3.05, 3.63) is 95.1 Å². The van der Waals surface area contributed by atoms with Gasteiger partial charge in [-0.15, -0.1) is 0 Å². The third-order valence-corrected chi connectivity index (χ3v) is 6.36. The van der Waals surface area contributed by atoms with E-state index in [-0.39, 0.29) is 11.8 Å². The lowest BCUT2D eigenvalue weighted by atomic mass is 10.1. The standard InChI is InChI=1S/C25H29N3O5S/c1-26-34(30,31)18-21-8-6-19(7-9-21)15-27-25(29)28-23-5-3-4-22(14-23)17-33-16-20-10-12-24(32-2)13-11-20/h3-14,26H,15-18H2,1-2H3,(H2,27,28,29). The maximum atomic E-state index is 12.3. The second-order valence-electron chi connectivity index (χ2n) is 7.63. The number of ether oxygens (including phenoxy) is 2. The van der Waals surface area contributed by atoms with Gasteiger partial charge in [-0.2, -0.15) is 0 Å². The highest BCUT2D eigenvalue weighted by Gasteiger charge is 2.08. The topological polar surface area (TPSA) is 106 Å². The van der Waals surface area contributed by atoms with Crippen LogP contribution in [-0.4, -0.2) is 28.6 Å². The Morgan fingerprint density at radius 2 is 1.50 bits per heavy atom. The second-order valence-corrected chi connectivity index (χ2v) is 9.56. The largest absolute Gasteiger partial charge is 0.497 e. The van der Waals surface area contributed by atoms with Crippen LogP contribution in [0.4, 0.5) is 10.5 Å². The molecule has 0 saturated carbocycles. The number of carbonyl (C=O) groups excluding carboxylic acids is 1. The quantitative estimate of drug-likeness (QED) is 0.385. The van der Waals surface area contributed by atoms with Crippen LogP contribution in [0.15, 0.2) is 72.8 Å². The summed E-state index contributed by atoms with van der Waals surface area (Å²) in [5.74, 6) is 0.718. The van der Waals surface area contributed by atoms with E-state index in [2.05, 4.69) is 15.4 Å². The number of carbonyl (C=O) groups is 1. The average molecular weight is 484 g/mol. The van der Waals surface area contributed by atoms with Crippen LogP contribution in [0, 0.1) is 0 Å².